The van der Waals surface area contributed by atoms with Crippen molar-refractivity contribution in [2.75, 3.05) is 58.3 Å². The second-order valence-corrected chi connectivity index (χ2v) is 8.01. The maximum absolute atomic E-state index is 11.9. The molecular formula is C18H34IN7OS. The number of nitrogens with one attached hydrogen (secondary N) is 2. The number of rotatable bonds is 7. The van der Waals surface area contributed by atoms with Gasteiger partial charge in [-0.25, -0.2) is 9.98 Å². The quantitative estimate of drug-likeness (QED) is 0.320. The highest BCUT2D eigenvalue weighted by atomic mass is 127. The highest BCUT2D eigenvalue weighted by Gasteiger charge is 2.21. The van der Waals surface area contributed by atoms with Crippen LogP contribution in [0.3, 0.4) is 0 Å². The van der Waals surface area contributed by atoms with Crippen molar-refractivity contribution >= 4 is 52.3 Å². The van der Waals surface area contributed by atoms with Gasteiger partial charge in [0.15, 0.2) is 11.1 Å². The van der Waals surface area contributed by atoms with E-state index in [1.807, 2.05) is 32.8 Å². The maximum Gasteiger partial charge on any atom is 0.234 e. The van der Waals surface area contributed by atoms with E-state index < -0.39 is 0 Å². The zero-order chi connectivity index (χ0) is 19.8. The summed E-state index contributed by atoms with van der Waals surface area (Å²) in [7, 11) is 3.99. The van der Waals surface area contributed by atoms with Gasteiger partial charge in [0.1, 0.15) is 0 Å². The SMILES string of the molecule is CCNC(=NCc1csc(N(C)C)n1)N1CCN(CC(=O)NC(C)C)CC1.I. The predicted molar refractivity (Wildman–Crippen MR) is 128 cm³/mol. The first-order valence-electron chi connectivity index (χ1n) is 9.55. The van der Waals surface area contributed by atoms with E-state index in [2.05, 4.69) is 37.7 Å². The van der Waals surface area contributed by atoms with Gasteiger partial charge in [-0.1, -0.05) is 0 Å². The predicted octanol–water partition coefficient (Wildman–Crippen LogP) is 1.43. The number of amides is 1. The normalized spacial score (nSPS) is 15.4. The lowest BCUT2D eigenvalue weighted by molar-refractivity contribution is -0.123. The lowest BCUT2D eigenvalue weighted by Gasteiger charge is -2.36. The summed E-state index contributed by atoms with van der Waals surface area (Å²) in [6.45, 7) is 11.4. The number of hydrogen-bond acceptors (Lipinski definition) is 6. The summed E-state index contributed by atoms with van der Waals surface area (Å²) in [6.07, 6.45) is 0. The molecule has 0 saturated carbocycles. The molecule has 10 heteroatoms. The Kier molecular flexibility index (Phi) is 11.1. The number of hydrogen-bond donors (Lipinski definition) is 2. The van der Waals surface area contributed by atoms with Gasteiger partial charge in [-0.05, 0) is 20.8 Å². The molecule has 160 valence electrons. The fraction of sp³-hybridized carbons (Fsp3) is 0.722. The van der Waals surface area contributed by atoms with Gasteiger partial charge in [0, 0.05) is 58.2 Å². The van der Waals surface area contributed by atoms with E-state index in [1.54, 1.807) is 11.3 Å². The van der Waals surface area contributed by atoms with Gasteiger partial charge >= 0.3 is 0 Å². The fourth-order valence-electron chi connectivity index (χ4n) is 2.84. The van der Waals surface area contributed by atoms with Crippen molar-refractivity contribution in [1.29, 1.82) is 0 Å². The van der Waals surface area contributed by atoms with Crippen molar-refractivity contribution < 1.29 is 4.79 Å². The molecule has 2 rings (SSSR count). The number of carbonyl (C=O) groups is 1. The average Bonchev–Trinajstić information content (AvgIpc) is 3.08. The van der Waals surface area contributed by atoms with Gasteiger partial charge in [-0.3, -0.25) is 9.69 Å². The van der Waals surface area contributed by atoms with Crippen LogP contribution >= 0.6 is 35.3 Å². The molecule has 1 saturated heterocycles. The van der Waals surface area contributed by atoms with E-state index in [-0.39, 0.29) is 35.9 Å². The molecule has 28 heavy (non-hydrogen) atoms. The molecule has 1 aromatic rings. The Hall–Kier alpha value is -1.14. The minimum Gasteiger partial charge on any atom is -0.357 e. The van der Waals surface area contributed by atoms with Crippen LogP contribution < -0.4 is 15.5 Å². The van der Waals surface area contributed by atoms with Gasteiger partial charge < -0.3 is 20.4 Å². The molecule has 1 fully saturated rings. The van der Waals surface area contributed by atoms with Gasteiger partial charge in [0.25, 0.3) is 0 Å². The summed E-state index contributed by atoms with van der Waals surface area (Å²) >= 11 is 1.64. The van der Waals surface area contributed by atoms with Gasteiger partial charge in [-0.2, -0.15) is 0 Å². The van der Waals surface area contributed by atoms with Crippen LogP contribution in [0, 0.1) is 0 Å². The summed E-state index contributed by atoms with van der Waals surface area (Å²) < 4.78 is 0. The summed E-state index contributed by atoms with van der Waals surface area (Å²) in [5.41, 5.74) is 0.989. The van der Waals surface area contributed by atoms with Crippen molar-refractivity contribution in [1.82, 2.24) is 25.4 Å². The standard InChI is InChI=1S/C18H33N7OS.HI/c1-6-19-17(20-11-15-13-27-18(22-15)23(4)5)25-9-7-24(8-10-25)12-16(26)21-14(2)3;/h13-14H,6-12H2,1-5H3,(H,19,20)(H,21,26);1H. The number of halogens is 1. The first-order valence-corrected chi connectivity index (χ1v) is 10.4. The molecular weight excluding hydrogens is 489 g/mol. The van der Waals surface area contributed by atoms with Crippen molar-refractivity contribution in [2.45, 2.75) is 33.4 Å². The molecule has 1 aliphatic heterocycles. The molecule has 1 aliphatic rings. The molecule has 0 unspecified atom stereocenters. The second-order valence-electron chi connectivity index (χ2n) is 7.17. The van der Waals surface area contributed by atoms with Crippen molar-refractivity contribution in [2.24, 2.45) is 4.99 Å². The Bertz CT molecular complexity index is 627. The van der Waals surface area contributed by atoms with Crippen LogP contribution in [-0.2, 0) is 11.3 Å². The molecule has 0 bridgehead atoms. The van der Waals surface area contributed by atoms with Crippen LogP contribution in [0.2, 0.25) is 0 Å². The molecule has 0 aromatic carbocycles. The number of anilines is 1. The third-order valence-corrected chi connectivity index (χ3v) is 5.19. The van der Waals surface area contributed by atoms with E-state index in [4.69, 9.17) is 4.99 Å². The minimum atomic E-state index is 0. The maximum atomic E-state index is 11.9. The Labute approximate surface area is 189 Å². The fourth-order valence-corrected chi connectivity index (χ4v) is 3.59. The van der Waals surface area contributed by atoms with Gasteiger partial charge in [0.05, 0.1) is 18.8 Å². The molecule has 0 spiro atoms. The number of carbonyl (C=O) groups excluding carboxylic acids is 1. The number of aromatic nitrogens is 1. The smallest absolute Gasteiger partial charge is 0.234 e. The number of guanidine groups is 1. The molecule has 2 N–H and O–H groups in total. The van der Waals surface area contributed by atoms with E-state index in [0.29, 0.717) is 13.1 Å². The molecule has 0 aliphatic carbocycles. The molecule has 2 heterocycles. The van der Waals surface area contributed by atoms with E-state index in [0.717, 1.165) is 49.5 Å². The number of nitrogens with zero attached hydrogens (tertiary/aromatic N) is 5. The lowest BCUT2D eigenvalue weighted by atomic mass is 10.3. The number of aliphatic imine (C=N–C) groups is 1. The van der Waals surface area contributed by atoms with Gasteiger partial charge in [0.2, 0.25) is 5.91 Å². The minimum absolute atomic E-state index is 0. The Balaban J connectivity index is 0.00000392. The number of thiazole rings is 1. The summed E-state index contributed by atoms with van der Waals surface area (Å²) in [5.74, 6) is 1.02. The van der Waals surface area contributed by atoms with E-state index in [1.165, 1.54) is 0 Å². The highest BCUT2D eigenvalue weighted by molar-refractivity contribution is 14.0. The van der Waals surface area contributed by atoms with Crippen molar-refractivity contribution in [3.8, 4) is 0 Å². The first kappa shape index (κ1) is 24.9. The summed E-state index contributed by atoms with van der Waals surface area (Å²) in [6, 6.07) is 0.185. The van der Waals surface area contributed by atoms with Crippen LogP contribution in [0.25, 0.3) is 0 Å². The summed E-state index contributed by atoms with van der Waals surface area (Å²) in [4.78, 5) is 27.8. The molecule has 1 aromatic heterocycles. The Morgan fingerprint density at radius 1 is 1.32 bits per heavy atom. The van der Waals surface area contributed by atoms with Crippen molar-refractivity contribution in [3.63, 3.8) is 0 Å². The molecule has 1 amide bonds. The van der Waals surface area contributed by atoms with E-state index >= 15 is 0 Å². The molecule has 0 atom stereocenters. The lowest BCUT2D eigenvalue weighted by Crippen LogP contribution is -2.54. The van der Waals surface area contributed by atoms with Crippen LogP contribution in [0.4, 0.5) is 5.13 Å². The monoisotopic (exact) mass is 523 g/mol. The Morgan fingerprint density at radius 3 is 2.54 bits per heavy atom. The topological polar surface area (TPSA) is 76.1 Å². The van der Waals surface area contributed by atoms with Crippen molar-refractivity contribution in [3.05, 3.63) is 11.1 Å². The third kappa shape index (κ3) is 8.08. The Morgan fingerprint density at radius 2 is 2.00 bits per heavy atom. The molecule has 8 nitrogen and oxygen atoms in total. The summed E-state index contributed by atoms with van der Waals surface area (Å²) in [5, 5.41) is 9.39. The van der Waals surface area contributed by atoms with Crippen LogP contribution in [-0.4, -0.2) is 86.1 Å². The number of piperazine rings is 1. The van der Waals surface area contributed by atoms with Crippen LogP contribution in [0.15, 0.2) is 10.4 Å². The zero-order valence-corrected chi connectivity index (χ0v) is 20.7. The zero-order valence-electron chi connectivity index (χ0n) is 17.6. The van der Waals surface area contributed by atoms with Crippen LogP contribution in [0.1, 0.15) is 26.5 Å². The third-order valence-electron chi connectivity index (χ3n) is 4.14. The second kappa shape index (κ2) is 12.4. The highest BCUT2D eigenvalue weighted by Crippen LogP contribution is 2.18. The van der Waals surface area contributed by atoms with Crippen LogP contribution in [0.5, 0.6) is 0 Å². The average molecular weight is 523 g/mol. The largest absolute Gasteiger partial charge is 0.357 e. The van der Waals surface area contributed by atoms with E-state index in [9.17, 15) is 4.79 Å². The first-order chi connectivity index (χ1) is 12.9. The van der Waals surface area contributed by atoms with Gasteiger partial charge in [-0.15, -0.1) is 35.3 Å². The molecule has 0 radical (unpaired) electrons.